The van der Waals surface area contributed by atoms with E-state index < -0.39 is 6.10 Å². The Morgan fingerprint density at radius 2 is 2.00 bits per heavy atom. The zero-order valence-electron chi connectivity index (χ0n) is 11.6. The van der Waals surface area contributed by atoms with Crippen LogP contribution in [0.1, 0.15) is 57.4 Å². The van der Waals surface area contributed by atoms with Crippen LogP contribution >= 0.6 is 11.6 Å². The number of rotatable bonds is 4. The van der Waals surface area contributed by atoms with Crippen LogP contribution < -0.4 is 4.74 Å². The van der Waals surface area contributed by atoms with Crippen LogP contribution in [0.2, 0.25) is 5.02 Å². The molecule has 1 aromatic rings. The van der Waals surface area contributed by atoms with Crippen LogP contribution in [0, 0.1) is 0 Å². The summed E-state index contributed by atoms with van der Waals surface area (Å²) >= 11 is 6.11. The lowest BCUT2D eigenvalue weighted by Gasteiger charge is -2.25. The minimum atomic E-state index is -0.400. The van der Waals surface area contributed by atoms with E-state index >= 15 is 0 Å². The third kappa shape index (κ3) is 3.73. The Morgan fingerprint density at radius 3 is 2.63 bits per heavy atom. The molecule has 1 saturated carbocycles. The predicted molar refractivity (Wildman–Crippen MR) is 78.0 cm³/mol. The van der Waals surface area contributed by atoms with E-state index in [0.717, 1.165) is 10.8 Å². The van der Waals surface area contributed by atoms with E-state index in [4.69, 9.17) is 16.3 Å². The fourth-order valence-corrected chi connectivity index (χ4v) is 2.81. The highest BCUT2D eigenvalue weighted by Gasteiger charge is 2.21. The number of carbonyl (C=O) groups is 1. The lowest BCUT2D eigenvalue weighted by Crippen LogP contribution is -2.21. The summed E-state index contributed by atoms with van der Waals surface area (Å²) in [6, 6.07) is 5.72. The molecule has 1 aliphatic rings. The fraction of sp³-hybridized carbons (Fsp3) is 0.562. The molecule has 0 aromatic heterocycles. The molecule has 1 aromatic carbocycles. The molecule has 2 rings (SSSR count). The Hall–Kier alpha value is -1.02. The molecule has 0 radical (unpaired) electrons. The van der Waals surface area contributed by atoms with Crippen molar-refractivity contribution in [2.45, 2.75) is 58.0 Å². The summed E-state index contributed by atoms with van der Waals surface area (Å²) in [7, 11) is 0. The van der Waals surface area contributed by atoms with Crippen molar-refractivity contribution in [1.82, 2.24) is 0 Å². The van der Waals surface area contributed by atoms with E-state index in [0.29, 0.717) is 5.92 Å². The maximum Gasteiger partial charge on any atom is 0.169 e. The molecule has 19 heavy (non-hydrogen) atoms. The lowest BCUT2D eigenvalue weighted by molar-refractivity contribution is -0.122. The summed E-state index contributed by atoms with van der Waals surface area (Å²) in [6.07, 6.45) is 5.81. The van der Waals surface area contributed by atoms with Crippen molar-refractivity contribution in [3.8, 4) is 5.75 Å². The Balaban J connectivity index is 2.24. The third-order valence-electron chi connectivity index (χ3n) is 3.89. The second kappa shape index (κ2) is 6.42. The molecule has 0 spiro atoms. The van der Waals surface area contributed by atoms with Gasteiger partial charge in [-0.15, -0.1) is 0 Å². The zero-order chi connectivity index (χ0) is 13.8. The van der Waals surface area contributed by atoms with Gasteiger partial charge in [0.25, 0.3) is 0 Å². The summed E-state index contributed by atoms with van der Waals surface area (Å²) < 4.78 is 5.81. The number of ketones is 1. The smallest absolute Gasteiger partial charge is 0.169 e. The minimum absolute atomic E-state index is 0.0459. The molecule has 3 heteroatoms. The molecule has 0 saturated heterocycles. The first kappa shape index (κ1) is 14.4. The SMILES string of the molecule is CC(=O)[C@H](C)Oc1ccc(Cl)cc1C1CCCCC1. The molecule has 0 bridgehead atoms. The highest BCUT2D eigenvalue weighted by Crippen LogP contribution is 2.39. The number of Topliss-reactive ketones (excluding diaryl/α,β-unsaturated/α-hetero) is 1. The van der Waals surface area contributed by atoms with Crippen LogP contribution in [0.3, 0.4) is 0 Å². The largest absolute Gasteiger partial charge is 0.483 e. The molecule has 2 nitrogen and oxygen atoms in total. The summed E-state index contributed by atoms with van der Waals surface area (Å²) in [5, 5.41) is 0.739. The highest BCUT2D eigenvalue weighted by atomic mass is 35.5. The molecule has 0 unspecified atom stereocenters. The predicted octanol–water partition coefficient (Wildman–Crippen LogP) is 4.74. The monoisotopic (exact) mass is 280 g/mol. The van der Waals surface area contributed by atoms with Gasteiger partial charge in [0.15, 0.2) is 11.9 Å². The van der Waals surface area contributed by atoms with Gasteiger partial charge in [-0.3, -0.25) is 4.79 Å². The van der Waals surface area contributed by atoms with E-state index in [-0.39, 0.29) is 5.78 Å². The van der Waals surface area contributed by atoms with Crippen LogP contribution in [0.5, 0.6) is 5.75 Å². The summed E-state index contributed by atoms with van der Waals surface area (Å²) in [6.45, 7) is 3.35. The van der Waals surface area contributed by atoms with Crippen LogP contribution in [-0.4, -0.2) is 11.9 Å². The first-order chi connectivity index (χ1) is 9.08. The maximum absolute atomic E-state index is 11.4. The van der Waals surface area contributed by atoms with Crippen LogP contribution in [0.25, 0.3) is 0 Å². The standard InChI is InChI=1S/C16H21ClO2/c1-11(18)12(2)19-16-9-8-14(17)10-15(16)13-6-4-3-5-7-13/h8-10,12-13H,3-7H2,1-2H3/t12-/m0/s1. The summed E-state index contributed by atoms with van der Waals surface area (Å²) in [5.74, 6) is 1.38. The molecule has 0 N–H and O–H groups in total. The number of halogens is 1. The van der Waals surface area contributed by atoms with Crippen molar-refractivity contribution in [3.05, 3.63) is 28.8 Å². The number of benzene rings is 1. The van der Waals surface area contributed by atoms with Gasteiger partial charge in [-0.05, 0) is 56.4 Å². The van der Waals surface area contributed by atoms with Crippen molar-refractivity contribution in [2.75, 3.05) is 0 Å². The highest BCUT2D eigenvalue weighted by molar-refractivity contribution is 6.30. The van der Waals surface area contributed by atoms with Crippen molar-refractivity contribution in [2.24, 2.45) is 0 Å². The van der Waals surface area contributed by atoms with Gasteiger partial charge in [0.05, 0.1) is 0 Å². The number of hydrogen-bond acceptors (Lipinski definition) is 2. The van der Waals surface area contributed by atoms with Crippen molar-refractivity contribution in [1.29, 1.82) is 0 Å². The Bertz CT molecular complexity index is 450. The fourth-order valence-electron chi connectivity index (χ4n) is 2.63. The summed E-state index contributed by atoms with van der Waals surface area (Å²) in [5.41, 5.74) is 1.17. The molecule has 0 amide bonds. The molecule has 0 heterocycles. The maximum atomic E-state index is 11.4. The average Bonchev–Trinajstić information content (AvgIpc) is 2.41. The average molecular weight is 281 g/mol. The van der Waals surface area contributed by atoms with E-state index in [1.54, 1.807) is 13.8 Å². The second-order valence-corrected chi connectivity index (χ2v) is 5.82. The second-order valence-electron chi connectivity index (χ2n) is 5.39. The Kier molecular flexibility index (Phi) is 4.87. The van der Waals surface area contributed by atoms with Crippen molar-refractivity contribution >= 4 is 17.4 Å². The van der Waals surface area contributed by atoms with Gasteiger partial charge in [-0.25, -0.2) is 0 Å². The zero-order valence-corrected chi connectivity index (χ0v) is 12.4. The number of ether oxygens (including phenoxy) is 1. The van der Waals surface area contributed by atoms with E-state index in [1.807, 2.05) is 18.2 Å². The first-order valence-corrected chi connectivity index (χ1v) is 7.42. The molecular formula is C16H21ClO2. The van der Waals surface area contributed by atoms with E-state index in [9.17, 15) is 4.79 Å². The Labute approximate surface area is 120 Å². The molecular weight excluding hydrogens is 260 g/mol. The van der Waals surface area contributed by atoms with Gasteiger partial charge < -0.3 is 4.74 Å². The topological polar surface area (TPSA) is 26.3 Å². The van der Waals surface area contributed by atoms with E-state index in [2.05, 4.69) is 0 Å². The van der Waals surface area contributed by atoms with Crippen LogP contribution in [-0.2, 0) is 4.79 Å². The Morgan fingerprint density at radius 1 is 1.32 bits per heavy atom. The summed E-state index contributed by atoms with van der Waals surface area (Å²) in [4.78, 5) is 11.4. The van der Waals surface area contributed by atoms with Crippen LogP contribution in [0.4, 0.5) is 0 Å². The quantitative estimate of drug-likeness (QED) is 0.796. The van der Waals surface area contributed by atoms with Crippen molar-refractivity contribution in [3.63, 3.8) is 0 Å². The van der Waals surface area contributed by atoms with E-state index in [1.165, 1.54) is 37.7 Å². The van der Waals surface area contributed by atoms with Crippen LogP contribution in [0.15, 0.2) is 18.2 Å². The number of carbonyl (C=O) groups excluding carboxylic acids is 1. The molecule has 1 aliphatic carbocycles. The normalized spacial score (nSPS) is 18.1. The lowest BCUT2D eigenvalue weighted by atomic mass is 9.83. The van der Waals surface area contributed by atoms with Gasteiger partial charge in [-0.1, -0.05) is 30.9 Å². The van der Waals surface area contributed by atoms with Gasteiger partial charge in [0, 0.05) is 5.02 Å². The molecule has 1 atom stereocenters. The van der Waals surface area contributed by atoms with Gasteiger partial charge in [-0.2, -0.15) is 0 Å². The molecule has 104 valence electrons. The number of hydrogen-bond donors (Lipinski definition) is 0. The van der Waals surface area contributed by atoms with Gasteiger partial charge in [0.2, 0.25) is 0 Å². The minimum Gasteiger partial charge on any atom is -0.483 e. The van der Waals surface area contributed by atoms with Crippen molar-refractivity contribution < 1.29 is 9.53 Å². The third-order valence-corrected chi connectivity index (χ3v) is 4.13. The molecule has 0 aliphatic heterocycles. The van der Waals surface area contributed by atoms with Gasteiger partial charge >= 0.3 is 0 Å². The molecule has 1 fully saturated rings. The first-order valence-electron chi connectivity index (χ1n) is 7.04. The van der Waals surface area contributed by atoms with Gasteiger partial charge in [0.1, 0.15) is 5.75 Å².